The number of halogens is 1. The van der Waals surface area contributed by atoms with Crippen molar-refractivity contribution in [2.45, 2.75) is 70.0 Å². The number of carbonyl (C=O) groups is 1. The third-order valence-corrected chi connectivity index (χ3v) is 6.57. The van der Waals surface area contributed by atoms with Crippen molar-refractivity contribution in [3.63, 3.8) is 0 Å². The molecule has 29 heavy (non-hydrogen) atoms. The number of hydrogen-bond acceptors (Lipinski definition) is 5. The molecule has 0 atom stereocenters. The highest BCUT2D eigenvalue weighted by Gasteiger charge is 2.29. The van der Waals surface area contributed by atoms with Crippen molar-refractivity contribution in [2.24, 2.45) is 4.36 Å². The molecule has 0 aliphatic heterocycles. The van der Waals surface area contributed by atoms with E-state index in [0.717, 1.165) is 24.0 Å². The summed E-state index contributed by atoms with van der Waals surface area (Å²) in [6.07, 6.45) is 4.48. The lowest BCUT2D eigenvalue weighted by atomic mass is 9.98. The van der Waals surface area contributed by atoms with Crippen LogP contribution in [0.1, 0.15) is 60.3 Å². The SMILES string of the molecule is Cc1oc([S-](=O)=NC(=O)Nc2c3c(c(F)c4c2CCC4)CCC3)cc1C(C)(C)O. The average molecular weight is 419 g/mol. The van der Waals surface area contributed by atoms with E-state index >= 15 is 0 Å². The van der Waals surface area contributed by atoms with E-state index in [-0.39, 0.29) is 10.9 Å². The Labute approximate surface area is 170 Å². The molecule has 0 spiro atoms. The summed E-state index contributed by atoms with van der Waals surface area (Å²) < 4.78 is 36.4. The van der Waals surface area contributed by atoms with E-state index < -0.39 is 22.2 Å². The fourth-order valence-electron chi connectivity index (χ4n) is 4.44. The largest absolute Gasteiger partial charge is 0.485 e. The lowest BCUT2D eigenvalue weighted by molar-refractivity contribution is 0.0769. The number of aryl methyl sites for hydroxylation is 1. The molecule has 1 heterocycles. The van der Waals surface area contributed by atoms with Gasteiger partial charge in [-0.1, -0.05) is 0 Å². The Balaban J connectivity index is 1.64. The molecule has 2 aliphatic rings. The van der Waals surface area contributed by atoms with Crippen molar-refractivity contribution in [2.75, 3.05) is 5.32 Å². The zero-order valence-electron chi connectivity index (χ0n) is 16.7. The number of benzene rings is 1. The summed E-state index contributed by atoms with van der Waals surface area (Å²) in [4.78, 5) is 12.5. The number of nitrogens with one attached hydrogen (secondary N) is 1. The Morgan fingerprint density at radius 2 is 1.72 bits per heavy atom. The van der Waals surface area contributed by atoms with E-state index in [4.69, 9.17) is 4.42 Å². The van der Waals surface area contributed by atoms with Gasteiger partial charge in [-0.2, -0.15) is 0 Å². The minimum atomic E-state index is -2.05. The minimum Gasteiger partial charge on any atom is -0.485 e. The van der Waals surface area contributed by atoms with Gasteiger partial charge in [-0.05, 0) is 87.6 Å². The van der Waals surface area contributed by atoms with Gasteiger partial charge in [-0.25, -0.2) is 9.18 Å². The molecule has 0 saturated carbocycles. The second-order valence-electron chi connectivity index (χ2n) is 8.18. The maximum atomic E-state index is 14.7. The molecule has 2 aliphatic carbocycles. The summed E-state index contributed by atoms with van der Waals surface area (Å²) in [6.45, 7) is 4.84. The van der Waals surface area contributed by atoms with Gasteiger partial charge in [0.15, 0.2) is 0 Å². The third kappa shape index (κ3) is 3.59. The lowest BCUT2D eigenvalue weighted by Gasteiger charge is -2.16. The van der Waals surface area contributed by atoms with Crippen molar-refractivity contribution in [3.8, 4) is 0 Å². The molecule has 0 unspecified atom stereocenters. The third-order valence-electron chi connectivity index (χ3n) is 5.69. The highest BCUT2D eigenvalue weighted by molar-refractivity contribution is 7.75. The van der Waals surface area contributed by atoms with E-state index in [1.54, 1.807) is 20.8 Å². The van der Waals surface area contributed by atoms with Crippen molar-refractivity contribution >= 4 is 22.3 Å². The molecule has 8 heteroatoms. The van der Waals surface area contributed by atoms with Gasteiger partial charge in [0.1, 0.15) is 11.6 Å². The maximum Gasteiger partial charge on any atom is 0.322 e. The first kappa shape index (κ1) is 20.1. The number of amides is 2. The Morgan fingerprint density at radius 3 is 2.24 bits per heavy atom. The lowest BCUT2D eigenvalue weighted by Crippen LogP contribution is -2.15. The molecule has 2 amide bonds. The van der Waals surface area contributed by atoms with Gasteiger partial charge in [-0.3, -0.25) is 0 Å². The van der Waals surface area contributed by atoms with Crippen LogP contribution in [0.2, 0.25) is 0 Å². The summed E-state index contributed by atoms with van der Waals surface area (Å²) in [5.41, 5.74) is 3.05. The molecule has 0 radical (unpaired) electrons. The van der Waals surface area contributed by atoms with E-state index in [0.29, 0.717) is 53.8 Å². The topological polar surface area (TPSA) is 91.9 Å². The van der Waals surface area contributed by atoms with E-state index in [1.165, 1.54) is 6.07 Å². The van der Waals surface area contributed by atoms with Crippen molar-refractivity contribution < 1.29 is 22.9 Å². The molecular formula is C21H24FN2O4S-. The minimum absolute atomic E-state index is 0.00402. The number of fused-ring (bicyclic) bond motifs is 2. The quantitative estimate of drug-likeness (QED) is 0.707. The number of carbonyl (C=O) groups excluding carboxylic acids is 1. The number of anilines is 1. The first-order valence-electron chi connectivity index (χ1n) is 9.79. The second-order valence-corrected chi connectivity index (χ2v) is 9.26. The first-order chi connectivity index (χ1) is 13.7. The zero-order valence-corrected chi connectivity index (χ0v) is 17.5. The number of furan rings is 1. The van der Waals surface area contributed by atoms with E-state index in [2.05, 4.69) is 9.68 Å². The van der Waals surface area contributed by atoms with Crippen LogP contribution in [0, 0.1) is 12.7 Å². The summed E-state index contributed by atoms with van der Waals surface area (Å²) in [5.74, 6) is 0.305. The Morgan fingerprint density at radius 1 is 1.17 bits per heavy atom. The highest BCUT2D eigenvalue weighted by Crippen LogP contribution is 2.41. The van der Waals surface area contributed by atoms with Crippen LogP contribution < -0.4 is 5.32 Å². The fourth-order valence-corrected chi connectivity index (χ4v) is 5.14. The molecular weight excluding hydrogens is 395 g/mol. The van der Waals surface area contributed by atoms with Crippen LogP contribution in [-0.4, -0.2) is 11.1 Å². The van der Waals surface area contributed by atoms with Crippen LogP contribution >= 0.6 is 0 Å². The van der Waals surface area contributed by atoms with E-state index in [9.17, 15) is 18.5 Å². The van der Waals surface area contributed by atoms with Gasteiger partial charge >= 0.3 is 6.03 Å². The molecule has 156 valence electrons. The molecule has 0 saturated heterocycles. The summed E-state index contributed by atoms with van der Waals surface area (Å²) in [6, 6.07) is 0.701. The molecule has 4 rings (SSSR count). The van der Waals surface area contributed by atoms with Crippen LogP contribution in [0.3, 0.4) is 0 Å². The highest BCUT2D eigenvalue weighted by atomic mass is 32.2. The summed E-state index contributed by atoms with van der Waals surface area (Å²) in [7, 11) is -2.05. The van der Waals surface area contributed by atoms with Gasteiger partial charge in [0, 0.05) is 11.3 Å². The van der Waals surface area contributed by atoms with Crippen LogP contribution in [0.4, 0.5) is 14.9 Å². The monoisotopic (exact) mass is 419 g/mol. The molecule has 2 aromatic rings. The number of rotatable bonds is 3. The molecule has 0 fully saturated rings. The van der Waals surface area contributed by atoms with Crippen molar-refractivity contribution in [3.05, 3.63) is 45.5 Å². The van der Waals surface area contributed by atoms with Crippen LogP contribution in [0.25, 0.3) is 0 Å². The second kappa shape index (κ2) is 7.25. The Kier molecular flexibility index (Phi) is 5.02. The van der Waals surface area contributed by atoms with Crippen LogP contribution in [0.5, 0.6) is 0 Å². The van der Waals surface area contributed by atoms with Gasteiger partial charge in [0.2, 0.25) is 0 Å². The van der Waals surface area contributed by atoms with Gasteiger partial charge < -0.3 is 23.4 Å². The first-order valence-corrected chi connectivity index (χ1v) is 10.9. The number of urea groups is 1. The average Bonchev–Trinajstić information content (AvgIpc) is 3.36. The maximum absolute atomic E-state index is 14.7. The van der Waals surface area contributed by atoms with Gasteiger partial charge in [0.25, 0.3) is 0 Å². The van der Waals surface area contributed by atoms with Crippen molar-refractivity contribution in [1.29, 1.82) is 0 Å². The molecule has 1 aromatic carbocycles. The molecule has 6 nitrogen and oxygen atoms in total. The molecule has 1 aromatic heterocycles. The van der Waals surface area contributed by atoms with Gasteiger partial charge in [0.05, 0.1) is 10.7 Å². The Bertz CT molecular complexity index is 1060. The fraction of sp³-hybridized carbons (Fsp3) is 0.476. The molecule has 0 bridgehead atoms. The van der Waals surface area contributed by atoms with E-state index in [1.807, 2.05) is 0 Å². The van der Waals surface area contributed by atoms with Gasteiger partial charge in [-0.15, -0.1) is 10.6 Å². The Hall–Kier alpha value is -2.19. The summed E-state index contributed by atoms with van der Waals surface area (Å²) >= 11 is 0. The number of nitrogens with zero attached hydrogens (tertiary/aromatic N) is 1. The number of hydrogen-bond donors (Lipinski definition) is 2. The van der Waals surface area contributed by atoms with Crippen LogP contribution in [0.15, 0.2) is 19.9 Å². The zero-order chi connectivity index (χ0) is 20.9. The standard InChI is InChI=1S/C21H24FN2O4S/c1-11-16(21(2,3)26)10-17(28-11)29(27)24-20(25)23-19-14-8-4-6-12(14)18(22)13-7-5-9-15(13)19/h10,26H,4-9H2,1-3H3,(H,23,25)/q-1. The predicted molar refractivity (Wildman–Crippen MR) is 107 cm³/mol. The predicted octanol–water partition coefficient (Wildman–Crippen LogP) is 4.67. The normalized spacial score (nSPS) is 16.7. The van der Waals surface area contributed by atoms with Crippen LogP contribution in [-0.2, 0) is 46.1 Å². The summed E-state index contributed by atoms with van der Waals surface area (Å²) in [5, 5.41) is 12.9. The van der Waals surface area contributed by atoms with Crippen molar-refractivity contribution in [1.82, 2.24) is 0 Å². The smallest absolute Gasteiger partial charge is 0.322 e. The number of aliphatic hydroxyl groups is 1. The molecule has 2 N–H and O–H groups in total.